The Bertz CT molecular complexity index is 908. The zero-order chi connectivity index (χ0) is 21.8. The fourth-order valence-corrected chi connectivity index (χ4v) is 3.28. The topological polar surface area (TPSA) is 58.6 Å². The SMILES string of the molecule is COCN(C(=O)Nc1ccc(SC(F)(F)F)cc1F)C(=O)c1c(Cl)cccc1Cl. The van der Waals surface area contributed by atoms with E-state index < -0.39 is 52.3 Å². The molecule has 0 saturated carbocycles. The number of amides is 3. The van der Waals surface area contributed by atoms with Gasteiger partial charge in [-0.2, -0.15) is 13.2 Å². The summed E-state index contributed by atoms with van der Waals surface area (Å²) in [6.45, 7) is -0.518. The summed E-state index contributed by atoms with van der Waals surface area (Å²) >= 11 is 11.4. The minimum absolute atomic E-state index is 0.0175. The molecule has 156 valence electrons. The van der Waals surface area contributed by atoms with Crippen molar-refractivity contribution < 1.29 is 31.9 Å². The Hall–Kier alpha value is -2.01. The number of halogens is 6. The summed E-state index contributed by atoms with van der Waals surface area (Å²) in [5, 5.41) is 2.07. The van der Waals surface area contributed by atoms with Crippen molar-refractivity contribution in [2.75, 3.05) is 19.2 Å². The van der Waals surface area contributed by atoms with Gasteiger partial charge in [-0.25, -0.2) is 14.1 Å². The van der Waals surface area contributed by atoms with E-state index in [0.717, 1.165) is 12.1 Å². The maximum Gasteiger partial charge on any atom is 0.446 e. The molecule has 0 aliphatic rings. The fourth-order valence-electron chi connectivity index (χ4n) is 2.15. The Labute approximate surface area is 176 Å². The number of rotatable bonds is 5. The molecule has 0 radical (unpaired) electrons. The molecule has 12 heteroatoms. The molecule has 0 bridgehead atoms. The highest BCUT2D eigenvalue weighted by atomic mass is 35.5. The number of imide groups is 1. The van der Waals surface area contributed by atoms with E-state index in [-0.39, 0.29) is 15.6 Å². The summed E-state index contributed by atoms with van der Waals surface area (Å²) in [4.78, 5) is 25.4. The van der Waals surface area contributed by atoms with Crippen molar-refractivity contribution in [3.63, 3.8) is 0 Å². The lowest BCUT2D eigenvalue weighted by molar-refractivity contribution is -0.0328. The highest BCUT2D eigenvalue weighted by molar-refractivity contribution is 8.00. The van der Waals surface area contributed by atoms with Crippen LogP contribution >= 0.6 is 35.0 Å². The molecule has 0 heterocycles. The summed E-state index contributed by atoms with van der Waals surface area (Å²) < 4.78 is 56.1. The van der Waals surface area contributed by atoms with Crippen molar-refractivity contribution in [3.8, 4) is 0 Å². The molecule has 2 aromatic rings. The molecular formula is C17H12Cl2F4N2O3S. The largest absolute Gasteiger partial charge is 0.446 e. The molecule has 0 spiro atoms. The van der Waals surface area contributed by atoms with Crippen LogP contribution in [0.1, 0.15) is 10.4 Å². The molecule has 0 aliphatic heterocycles. The van der Waals surface area contributed by atoms with E-state index in [1.165, 1.54) is 25.3 Å². The molecule has 0 saturated heterocycles. The number of nitrogens with zero attached hydrogens (tertiary/aromatic N) is 1. The van der Waals surface area contributed by atoms with E-state index in [1.54, 1.807) is 0 Å². The van der Waals surface area contributed by atoms with Crippen LogP contribution in [-0.2, 0) is 4.74 Å². The molecule has 0 aliphatic carbocycles. The van der Waals surface area contributed by atoms with Crippen molar-refractivity contribution in [2.45, 2.75) is 10.4 Å². The van der Waals surface area contributed by atoms with Crippen molar-refractivity contribution in [1.29, 1.82) is 0 Å². The minimum Gasteiger partial charge on any atom is -0.364 e. The Kier molecular flexibility index (Phi) is 7.75. The number of urea groups is 1. The van der Waals surface area contributed by atoms with Gasteiger partial charge >= 0.3 is 11.5 Å². The van der Waals surface area contributed by atoms with Gasteiger partial charge in [0.1, 0.15) is 12.5 Å². The Morgan fingerprint density at radius 2 is 1.79 bits per heavy atom. The standard InChI is InChI=1S/C17H12Cl2F4N2O3S/c1-28-8-25(15(26)14-10(18)3-2-4-11(14)19)16(27)24-13-6-5-9(7-12(13)20)29-17(21,22)23/h2-7H,8H2,1H3,(H,24,27). The summed E-state index contributed by atoms with van der Waals surface area (Å²) in [6, 6.07) is 5.71. The van der Waals surface area contributed by atoms with Gasteiger partial charge in [-0.3, -0.25) is 4.79 Å². The van der Waals surface area contributed by atoms with Gasteiger partial charge < -0.3 is 10.1 Å². The number of carbonyl (C=O) groups is 2. The second-order valence-corrected chi connectivity index (χ2v) is 7.32. The lowest BCUT2D eigenvalue weighted by atomic mass is 10.2. The van der Waals surface area contributed by atoms with Crippen LogP contribution in [0.15, 0.2) is 41.3 Å². The first-order valence-electron chi connectivity index (χ1n) is 7.64. The summed E-state index contributed by atoms with van der Waals surface area (Å²) in [5.74, 6) is -2.03. The number of alkyl halides is 3. The van der Waals surface area contributed by atoms with E-state index in [2.05, 4.69) is 5.32 Å². The van der Waals surface area contributed by atoms with Crippen LogP contribution in [0.25, 0.3) is 0 Å². The maximum absolute atomic E-state index is 14.1. The second kappa shape index (κ2) is 9.66. The quantitative estimate of drug-likeness (QED) is 0.329. The van der Waals surface area contributed by atoms with Crippen molar-refractivity contribution in [3.05, 3.63) is 57.8 Å². The van der Waals surface area contributed by atoms with Gasteiger partial charge in [-0.15, -0.1) is 0 Å². The lowest BCUT2D eigenvalue weighted by Crippen LogP contribution is -2.41. The molecular weight excluding hydrogens is 459 g/mol. The zero-order valence-corrected chi connectivity index (χ0v) is 16.8. The van der Waals surface area contributed by atoms with Gasteiger partial charge in [0.05, 0.1) is 21.3 Å². The highest BCUT2D eigenvalue weighted by Gasteiger charge is 2.30. The predicted octanol–water partition coefficient (Wildman–Crippen LogP) is 6.02. The van der Waals surface area contributed by atoms with Crippen molar-refractivity contribution in [1.82, 2.24) is 4.90 Å². The first-order chi connectivity index (χ1) is 13.5. The van der Waals surface area contributed by atoms with Crippen LogP contribution in [0.2, 0.25) is 10.0 Å². The summed E-state index contributed by atoms with van der Waals surface area (Å²) in [7, 11) is 1.21. The fraction of sp³-hybridized carbons (Fsp3) is 0.176. The Balaban J connectivity index is 2.25. The number of ether oxygens (including phenoxy) is 1. The molecule has 2 rings (SSSR count). The molecule has 29 heavy (non-hydrogen) atoms. The second-order valence-electron chi connectivity index (χ2n) is 5.37. The molecule has 0 fully saturated rings. The number of methoxy groups -OCH3 is 1. The van der Waals surface area contributed by atoms with Gasteiger partial charge in [0, 0.05) is 12.0 Å². The molecule has 2 aromatic carbocycles. The molecule has 0 atom stereocenters. The first kappa shape index (κ1) is 23.3. The predicted molar refractivity (Wildman–Crippen MR) is 102 cm³/mol. The first-order valence-corrected chi connectivity index (χ1v) is 9.22. The average Bonchev–Trinajstić information content (AvgIpc) is 2.60. The molecule has 1 N–H and O–H groups in total. The van der Waals surface area contributed by atoms with Crippen LogP contribution in [0.5, 0.6) is 0 Å². The normalized spacial score (nSPS) is 11.3. The highest BCUT2D eigenvalue weighted by Crippen LogP contribution is 2.37. The minimum atomic E-state index is -4.59. The number of anilines is 1. The van der Waals surface area contributed by atoms with Gasteiger partial charge in [0.25, 0.3) is 5.91 Å². The van der Waals surface area contributed by atoms with E-state index in [9.17, 15) is 27.2 Å². The third-order valence-electron chi connectivity index (χ3n) is 3.34. The number of carbonyl (C=O) groups excluding carboxylic acids is 2. The van der Waals surface area contributed by atoms with E-state index in [1.807, 2.05) is 0 Å². The van der Waals surface area contributed by atoms with Crippen molar-refractivity contribution in [2.24, 2.45) is 0 Å². The van der Waals surface area contributed by atoms with Crippen LogP contribution in [0.4, 0.5) is 28.0 Å². The number of hydrogen-bond acceptors (Lipinski definition) is 4. The molecule has 5 nitrogen and oxygen atoms in total. The Morgan fingerprint density at radius 1 is 1.17 bits per heavy atom. The van der Waals surface area contributed by atoms with Crippen LogP contribution in [0.3, 0.4) is 0 Å². The molecule has 0 aromatic heterocycles. The smallest absolute Gasteiger partial charge is 0.364 e. The maximum atomic E-state index is 14.1. The van der Waals surface area contributed by atoms with Crippen LogP contribution in [0, 0.1) is 5.82 Å². The lowest BCUT2D eigenvalue weighted by Gasteiger charge is -2.21. The van der Waals surface area contributed by atoms with E-state index >= 15 is 0 Å². The van der Waals surface area contributed by atoms with Crippen LogP contribution < -0.4 is 5.32 Å². The summed E-state index contributed by atoms with van der Waals surface area (Å²) in [5.41, 5.74) is -5.19. The Morgan fingerprint density at radius 3 is 2.31 bits per heavy atom. The van der Waals surface area contributed by atoms with Gasteiger partial charge in [0.15, 0.2) is 0 Å². The zero-order valence-electron chi connectivity index (χ0n) is 14.5. The molecule has 0 unspecified atom stereocenters. The monoisotopic (exact) mass is 470 g/mol. The molecule has 3 amide bonds. The third-order valence-corrected chi connectivity index (χ3v) is 4.69. The number of hydrogen-bond donors (Lipinski definition) is 1. The number of benzene rings is 2. The van der Waals surface area contributed by atoms with E-state index in [4.69, 9.17) is 27.9 Å². The number of nitrogens with one attached hydrogen (secondary N) is 1. The summed E-state index contributed by atoms with van der Waals surface area (Å²) in [6.07, 6.45) is 0. The van der Waals surface area contributed by atoms with Gasteiger partial charge in [0.2, 0.25) is 0 Å². The van der Waals surface area contributed by atoms with Gasteiger partial charge in [-0.05, 0) is 42.1 Å². The van der Waals surface area contributed by atoms with Gasteiger partial charge in [-0.1, -0.05) is 29.3 Å². The number of thioether (sulfide) groups is 1. The third kappa shape index (κ3) is 6.23. The van der Waals surface area contributed by atoms with E-state index in [0.29, 0.717) is 11.0 Å². The van der Waals surface area contributed by atoms with Crippen LogP contribution in [-0.4, -0.2) is 36.2 Å². The average molecular weight is 471 g/mol. The van der Waals surface area contributed by atoms with Crippen molar-refractivity contribution >= 4 is 52.6 Å².